The molecule has 0 aliphatic carbocycles. The minimum atomic E-state index is -4.85. The highest BCUT2D eigenvalue weighted by atomic mass is 19.4. The maximum atomic E-state index is 12.1. The van der Waals surface area contributed by atoms with Gasteiger partial charge in [-0.1, -0.05) is 12.1 Å². The van der Waals surface area contributed by atoms with Crippen molar-refractivity contribution >= 4 is 11.7 Å². The highest BCUT2D eigenvalue weighted by Gasteiger charge is 2.33. The third-order valence-corrected chi connectivity index (χ3v) is 2.20. The van der Waals surface area contributed by atoms with Gasteiger partial charge >= 0.3 is 12.3 Å². The minimum absolute atomic E-state index is 0.0682. The Bertz CT molecular complexity index is 459. The molecule has 0 saturated heterocycles. The lowest BCUT2D eigenvalue weighted by Crippen LogP contribution is -2.41. The van der Waals surface area contributed by atoms with E-state index in [-0.39, 0.29) is 5.69 Å². The summed E-state index contributed by atoms with van der Waals surface area (Å²) in [6, 6.07) is 5.13. The molecule has 1 atom stereocenters. The van der Waals surface area contributed by atoms with Crippen molar-refractivity contribution in [2.75, 3.05) is 11.9 Å². The molecule has 0 aliphatic rings. The van der Waals surface area contributed by atoms with E-state index in [0.717, 1.165) is 13.0 Å². The molecule has 1 unspecified atom stereocenters. The van der Waals surface area contributed by atoms with Crippen LogP contribution in [0.3, 0.4) is 0 Å². The molecule has 5 nitrogen and oxygen atoms in total. The summed E-state index contributed by atoms with van der Waals surface area (Å²) in [4.78, 5) is 10.7. The minimum Gasteiger partial charge on any atom is -0.479 e. The predicted octanol–water partition coefficient (Wildman–Crippen LogP) is 1.83. The second-order valence-corrected chi connectivity index (χ2v) is 3.98. The van der Waals surface area contributed by atoms with Gasteiger partial charge in [-0.3, -0.25) is 0 Å². The van der Waals surface area contributed by atoms with Gasteiger partial charge in [-0.15, -0.1) is 13.2 Å². The molecule has 0 amide bonds. The second kappa shape index (κ2) is 5.35. The van der Waals surface area contributed by atoms with E-state index in [0.29, 0.717) is 0 Å². The Morgan fingerprint density at radius 3 is 2.47 bits per heavy atom. The average Bonchev–Trinajstić information content (AvgIpc) is 2.25. The Morgan fingerprint density at radius 2 is 1.95 bits per heavy atom. The van der Waals surface area contributed by atoms with Crippen LogP contribution in [-0.2, 0) is 4.79 Å². The highest BCUT2D eigenvalue weighted by molar-refractivity contribution is 5.77. The van der Waals surface area contributed by atoms with Crippen LogP contribution in [0, 0.1) is 0 Å². The Balaban J connectivity index is 2.82. The topological polar surface area (TPSA) is 78.8 Å². The molecule has 0 aliphatic heterocycles. The largest absolute Gasteiger partial charge is 0.573 e. The van der Waals surface area contributed by atoms with Crippen LogP contribution in [0.4, 0.5) is 18.9 Å². The van der Waals surface area contributed by atoms with Crippen LogP contribution in [0.1, 0.15) is 6.92 Å². The lowest BCUT2D eigenvalue weighted by Gasteiger charge is -2.20. The number of nitrogens with one attached hydrogen (secondary N) is 1. The second-order valence-electron chi connectivity index (χ2n) is 3.98. The van der Waals surface area contributed by atoms with Crippen molar-refractivity contribution in [3.05, 3.63) is 24.3 Å². The first-order valence-corrected chi connectivity index (χ1v) is 5.16. The quantitative estimate of drug-likeness (QED) is 0.766. The number of hydrogen-bond donors (Lipinski definition) is 3. The van der Waals surface area contributed by atoms with E-state index in [1.807, 2.05) is 0 Å². The number of carboxylic acids is 1. The maximum Gasteiger partial charge on any atom is 0.573 e. The third-order valence-electron chi connectivity index (χ3n) is 2.20. The molecule has 0 heterocycles. The highest BCUT2D eigenvalue weighted by Crippen LogP contribution is 2.30. The molecule has 106 valence electrons. The number of benzene rings is 1. The van der Waals surface area contributed by atoms with Gasteiger partial charge in [-0.2, -0.15) is 0 Å². The normalized spacial score (nSPS) is 14.6. The van der Waals surface area contributed by atoms with E-state index in [9.17, 15) is 23.1 Å². The fraction of sp³-hybridized carbons (Fsp3) is 0.364. The van der Waals surface area contributed by atoms with Crippen LogP contribution < -0.4 is 10.1 Å². The maximum absolute atomic E-state index is 12.1. The molecule has 0 fully saturated rings. The molecule has 3 N–H and O–H groups in total. The first-order chi connectivity index (χ1) is 8.62. The molecule has 0 aromatic heterocycles. The first kappa shape index (κ1) is 15.1. The van der Waals surface area contributed by atoms with Crippen molar-refractivity contribution in [3.8, 4) is 5.75 Å². The van der Waals surface area contributed by atoms with E-state index >= 15 is 0 Å². The number of rotatable bonds is 5. The van der Waals surface area contributed by atoms with Crippen LogP contribution in [0.15, 0.2) is 24.3 Å². The van der Waals surface area contributed by atoms with Crippen molar-refractivity contribution in [1.29, 1.82) is 0 Å². The fourth-order valence-electron chi connectivity index (χ4n) is 1.17. The number of hydrogen-bond acceptors (Lipinski definition) is 4. The molecule has 0 bridgehead atoms. The van der Waals surface area contributed by atoms with E-state index in [1.165, 1.54) is 18.2 Å². The Hall–Kier alpha value is -1.96. The van der Waals surface area contributed by atoms with Crippen molar-refractivity contribution in [1.82, 2.24) is 0 Å². The number of anilines is 1. The van der Waals surface area contributed by atoms with Crippen molar-refractivity contribution in [3.63, 3.8) is 0 Å². The number of alkyl halides is 3. The van der Waals surface area contributed by atoms with Crippen molar-refractivity contribution < 1.29 is 32.9 Å². The summed E-state index contributed by atoms with van der Waals surface area (Å²) in [5.41, 5.74) is -2.17. The van der Waals surface area contributed by atoms with Crippen molar-refractivity contribution in [2.24, 2.45) is 0 Å². The molecule has 0 radical (unpaired) electrons. The number of halogens is 3. The molecule has 8 heteroatoms. The number of carboxylic acid groups (broad SMARTS) is 1. The standard InChI is InChI=1S/C11H12F3NO4/c1-10(18,9(16)17)6-15-7-4-2-3-5-8(7)19-11(12,13)14/h2-5,15,18H,6H2,1H3,(H,16,17). The molecule has 1 aromatic carbocycles. The summed E-state index contributed by atoms with van der Waals surface area (Å²) in [6.07, 6.45) is -4.85. The van der Waals surface area contributed by atoms with Gasteiger partial charge in [-0.05, 0) is 19.1 Å². The molecule has 19 heavy (non-hydrogen) atoms. The summed E-state index contributed by atoms with van der Waals surface area (Å²) in [5.74, 6) is -1.99. The van der Waals surface area contributed by atoms with E-state index in [2.05, 4.69) is 10.1 Å². The van der Waals surface area contributed by atoms with Crippen LogP contribution in [0.25, 0.3) is 0 Å². The fourth-order valence-corrected chi connectivity index (χ4v) is 1.17. The van der Waals surface area contributed by atoms with Gasteiger partial charge in [0.2, 0.25) is 0 Å². The number of aliphatic carboxylic acids is 1. The van der Waals surface area contributed by atoms with E-state index in [1.54, 1.807) is 0 Å². The van der Waals surface area contributed by atoms with E-state index < -0.39 is 30.2 Å². The summed E-state index contributed by atoms with van der Waals surface area (Å²) >= 11 is 0. The zero-order valence-corrected chi connectivity index (χ0v) is 9.86. The predicted molar refractivity (Wildman–Crippen MR) is 59.9 cm³/mol. The number of ether oxygens (including phenoxy) is 1. The molecular weight excluding hydrogens is 267 g/mol. The van der Waals surface area contributed by atoms with Crippen LogP contribution >= 0.6 is 0 Å². The monoisotopic (exact) mass is 279 g/mol. The Morgan fingerprint density at radius 1 is 1.37 bits per heavy atom. The number of carbonyl (C=O) groups is 1. The van der Waals surface area contributed by atoms with Gasteiger partial charge in [0.1, 0.15) is 0 Å². The zero-order chi connectivity index (χ0) is 14.7. The van der Waals surface area contributed by atoms with E-state index in [4.69, 9.17) is 5.11 Å². The van der Waals surface area contributed by atoms with Gasteiger partial charge in [0.05, 0.1) is 12.2 Å². The lowest BCUT2D eigenvalue weighted by molar-refractivity contribution is -0.274. The summed E-state index contributed by atoms with van der Waals surface area (Å²) in [5, 5.41) is 20.5. The molecule has 1 aromatic rings. The summed E-state index contributed by atoms with van der Waals surface area (Å²) < 4.78 is 40.2. The number of para-hydroxylation sites is 2. The van der Waals surface area contributed by atoms with Crippen LogP contribution in [0.5, 0.6) is 5.75 Å². The molecular formula is C11H12F3NO4. The Kier molecular flexibility index (Phi) is 4.25. The molecule has 0 spiro atoms. The smallest absolute Gasteiger partial charge is 0.479 e. The average molecular weight is 279 g/mol. The van der Waals surface area contributed by atoms with Gasteiger partial charge in [-0.25, -0.2) is 4.79 Å². The van der Waals surface area contributed by atoms with Crippen LogP contribution in [-0.4, -0.2) is 34.7 Å². The summed E-state index contributed by atoms with van der Waals surface area (Å²) in [7, 11) is 0. The molecule has 1 rings (SSSR count). The van der Waals surface area contributed by atoms with Gasteiger partial charge < -0.3 is 20.3 Å². The molecule has 0 saturated carbocycles. The van der Waals surface area contributed by atoms with Gasteiger partial charge in [0.15, 0.2) is 11.4 Å². The van der Waals surface area contributed by atoms with Crippen molar-refractivity contribution in [2.45, 2.75) is 18.9 Å². The Labute approximate surface area is 106 Å². The summed E-state index contributed by atoms with van der Waals surface area (Å²) in [6.45, 7) is 0.552. The van der Waals surface area contributed by atoms with Crippen LogP contribution in [0.2, 0.25) is 0 Å². The van der Waals surface area contributed by atoms with Gasteiger partial charge in [0, 0.05) is 0 Å². The van der Waals surface area contributed by atoms with Gasteiger partial charge in [0.25, 0.3) is 0 Å². The number of aliphatic hydroxyl groups is 1. The zero-order valence-electron chi connectivity index (χ0n) is 9.86. The first-order valence-electron chi connectivity index (χ1n) is 5.16. The third kappa shape index (κ3) is 4.66. The lowest BCUT2D eigenvalue weighted by atomic mass is 10.1. The SMILES string of the molecule is CC(O)(CNc1ccccc1OC(F)(F)F)C(=O)O.